The third kappa shape index (κ3) is 3.20. The van der Waals surface area contributed by atoms with Gasteiger partial charge in [0.25, 0.3) is 0 Å². The van der Waals surface area contributed by atoms with Crippen LogP contribution in [-0.4, -0.2) is 8.42 Å². The Labute approximate surface area is 116 Å². The molecule has 0 unspecified atom stereocenters. The highest BCUT2D eigenvalue weighted by Crippen LogP contribution is 2.20. The maximum absolute atomic E-state index is 13.1. The van der Waals surface area contributed by atoms with Gasteiger partial charge in [0.05, 0.1) is 10.6 Å². The molecule has 0 saturated heterocycles. The van der Waals surface area contributed by atoms with E-state index >= 15 is 0 Å². The van der Waals surface area contributed by atoms with Gasteiger partial charge in [-0.2, -0.15) is 0 Å². The predicted molar refractivity (Wildman–Crippen MR) is 71.6 cm³/mol. The second-order valence-electron chi connectivity index (χ2n) is 4.33. The predicted octanol–water partition coefficient (Wildman–Crippen LogP) is 2.40. The molecular formula is C14H13F2NO2S. The Morgan fingerprint density at radius 3 is 2.30 bits per heavy atom. The Hall–Kier alpha value is -1.79. The molecule has 2 rings (SSSR count). The normalized spacial score (nSPS) is 11.6. The van der Waals surface area contributed by atoms with Gasteiger partial charge in [0.2, 0.25) is 0 Å². The van der Waals surface area contributed by atoms with Crippen LogP contribution in [0.25, 0.3) is 0 Å². The first kappa shape index (κ1) is 14.6. The number of hydrogen-bond acceptors (Lipinski definition) is 3. The van der Waals surface area contributed by atoms with Crippen LogP contribution in [-0.2, 0) is 22.1 Å². The quantitative estimate of drug-likeness (QED) is 0.942. The Morgan fingerprint density at radius 1 is 0.950 bits per heavy atom. The van der Waals surface area contributed by atoms with Crippen molar-refractivity contribution in [1.82, 2.24) is 0 Å². The van der Waals surface area contributed by atoms with E-state index in [1.807, 2.05) is 0 Å². The van der Waals surface area contributed by atoms with Crippen molar-refractivity contribution in [2.45, 2.75) is 17.2 Å². The van der Waals surface area contributed by atoms with E-state index in [1.54, 1.807) is 0 Å². The molecule has 0 bridgehead atoms. The van der Waals surface area contributed by atoms with Gasteiger partial charge in [-0.1, -0.05) is 12.1 Å². The molecule has 0 aliphatic heterocycles. The second kappa shape index (κ2) is 5.68. The summed E-state index contributed by atoms with van der Waals surface area (Å²) in [5.74, 6) is -1.44. The molecule has 20 heavy (non-hydrogen) atoms. The standard InChI is InChI=1S/C14H13F2NO2S/c15-12-2-1-3-14(7-12)20(18,19)9-10-4-5-13(16)6-11(10)8-17/h1-7H,8-9,17H2. The molecule has 0 heterocycles. The van der Waals surface area contributed by atoms with Gasteiger partial charge in [0.15, 0.2) is 9.84 Å². The topological polar surface area (TPSA) is 60.2 Å². The van der Waals surface area contributed by atoms with Gasteiger partial charge in [-0.25, -0.2) is 17.2 Å². The molecule has 0 aliphatic carbocycles. The lowest BCUT2D eigenvalue weighted by Gasteiger charge is -2.09. The van der Waals surface area contributed by atoms with E-state index in [0.717, 1.165) is 6.07 Å². The molecule has 0 amide bonds. The monoisotopic (exact) mass is 297 g/mol. The third-order valence-corrected chi connectivity index (χ3v) is 4.55. The van der Waals surface area contributed by atoms with Crippen molar-refractivity contribution < 1.29 is 17.2 Å². The minimum atomic E-state index is -3.70. The molecule has 0 spiro atoms. The van der Waals surface area contributed by atoms with Crippen LogP contribution in [0.1, 0.15) is 11.1 Å². The molecule has 0 aliphatic rings. The van der Waals surface area contributed by atoms with Crippen molar-refractivity contribution in [2.24, 2.45) is 5.73 Å². The lowest BCUT2D eigenvalue weighted by Crippen LogP contribution is -2.09. The van der Waals surface area contributed by atoms with Crippen LogP contribution in [0.3, 0.4) is 0 Å². The maximum Gasteiger partial charge on any atom is 0.182 e. The van der Waals surface area contributed by atoms with Gasteiger partial charge in [0, 0.05) is 6.54 Å². The molecule has 3 nitrogen and oxygen atoms in total. The SMILES string of the molecule is NCc1cc(F)ccc1CS(=O)(=O)c1cccc(F)c1. The summed E-state index contributed by atoms with van der Waals surface area (Å²) in [5, 5.41) is 0. The molecule has 2 aromatic carbocycles. The maximum atomic E-state index is 13.1. The molecule has 6 heteroatoms. The summed E-state index contributed by atoms with van der Waals surface area (Å²) in [7, 11) is -3.70. The minimum absolute atomic E-state index is 0.0335. The third-order valence-electron chi connectivity index (χ3n) is 2.89. The van der Waals surface area contributed by atoms with E-state index in [0.29, 0.717) is 11.1 Å². The summed E-state index contributed by atoms with van der Waals surface area (Å²) in [6.45, 7) is 0.0335. The fourth-order valence-corrected chi connectivity index (χ4v) is 3.31. The highest BCUT2D eigenvalue weighted by atomic mass is 32.2. The summed E-state index contributed by atoms with van der Waals surface area (Å²) in [6, 6.07) is 8.55. The molecule has 106 valence electrons. The van der Waals surface area contributed by atoms with E-state index in [4.69, 9.17) is 5.73 Å². The van der Waals surface area contributed by atoms with E-state index < -0.39 is 21.5 Å². The first-order valence-corrected chi connectivity index (χ1v) is 7.53. The van der Waals surface area contributed by atoms with Crippen LogP contribution in [0.2, 0.25) is 0 Å². The fourth-order valence-electron chi connectivity index (χ4n) is 1.87. The highest BCUT2D eigenvalue weighted by molar-refractivity contribution is 7.90. The van der Waals surface area contributed by atoms with Crippen LogP contribution in [0, 0.1) is 11.6 Å². The zero-order valence-electron chi connectivity index (χ0n) is 10.5. The molecule has 0 saturated carbocycles. The van der Waals surface area contributed by atoms with Gasteiger partial charge in [-0.15, -0.1) is 0 Å². The fraction of sp³-hybridized carbons (Fsp3) is 0.143. The molecule has 0 fully saturated rings. The number of benzene rings is 2. The van der Waals surface area contributed by atoms with Crippen LogP contribution in [0.5, 0.6) is 0 Å². The number of nitrogens with two attached hydrogens (primary N) is 1. The average Bonchev–Trinajstić information content (AvgIpc) is 2.40. The van der Waals surface area contributed by atoms with Gasteiger partial charge in [0.1, 0.15) is 11.6 Å². The summed E-state index contributed by atoms with van der Waals surface area (Å²) in [4.78, 5) is -0.107. The minimum Gasteiger partial charge on any atom is -0.326 e. The number of rotatable bonds is 4. The van der Waals surface area contributed by atoms with Crippen molar-refractivity contribution in [3.05, 3.63) is 65.2 Å². The van der Waals surface area contributed by atoms with E-state index in [9.17, 15) is 17.2 Å². The van der Waals surface area contributed by atoms with Gasteiger partial charge >= 0.3 is 0 Å². The molecule has 0 radical (unpaired) electrons. The molecule has 2 N–H and O–H groups in total. The van der Waals surface area contributed by atoms with Crippen LogP contribution < -0.4 is 5.73 Å². The molecule has 0 atom stereocenters. The van der Waals surface area contributed by atoms with Crippen LogP contribution in [0.4, 0.5) is 8.78 Å². The Bertz CT molecular complexity index is 730. The smallest absolute Gasteiger partial charge is 0.182 e. The summed E-state index contributed by atoms with van der Waals surface area (Å²) >= 11 is 0. The number of hydrogen-bond donors (Lipinski definition) is 1. The summed E-state index contributed by atoms with van der Waals surface area (Å²) in [5.41, 5.74) is 6.32. The van der Waals surface area contributed by atoms with Gasteiger partial charge in [-0.3, -0.25) is 0 Å². The molecule has 0 aromatic heterocycles. The second-order valence-corrected chi connectivity index (χ2v) is 6.32. The summed E-state index contributed by atoms with van der Waals surface area (Å²) < 4.78 is 50.6. The van der Waals surface area contributed by atoms with Crippen molar-refractivity contribution >= 4 is 9.84 Å². The van der Waals surface area contributed by atoms with E-state index in [-0.39, 0.29) is 17.2 Å². The molecule has 2 aromatic rings. The van der Waals surface area contributed by atoms with E-state index in [2.05, 4.69) is 0 Å². The average molecular weight is 297 g/mol. The first-order chi connectivity index (χ1) is 9.42. The Balaban J connectivity index is 2.38. The van der Waals surface area contributed by atoms with Crippen LogP contribution in [0.15, 0.2) is 47.4 Å². The summed E-state index contributed by atoms with van der Waals surface area (Å²) in [6.07, 6.45) is 0. The van der Waals surface area contributed by atoms with Crippen molar-refractivity contribution in [1.29, 1.82) is 0 Å². The molecular weight excluding hydrogens is 284 g/mol. The van der Waals surface area contributed by atoms with Crippen molar-refractivity contribution in [2.75, 3.05) is 0 Å². The highest BCUT2D eigenvalue weighted by Gasteiger charge is 2.18. The Kier molecular flexibility index (Phi) is 4.15. The first-order valence-electron chi connectivity index (χ1n) is 5.88. The largest absolute Gasteiger partial charge is 0.326 e. The lowest BCUT2D eigenvalue weighted by molar-refractivity contribution is 0.589. The van der Waals surface area contributed by atoms with E-state index in [1.165, 1.54) is 36.4 Å². The van der Waals surface area contributed by atoms with Crippen molar-refractivity contribution in [3.63, 3.8) is 0 Å². The van der Waals surface area contributed by atoms with Gasteiger partial charge < -0.3 is 5.73 Å². The zero-order chi connectivity index (χ0) is 14.8. The Morgan fingerprint density at radius 2 is 1.65 bits per heavy atom. The van der Waals surface area contributed by atoms with Crippen LogP contribution >= 0.6 is 0 Å². The lowest BCUT2D eigenvalue weighted by atomic mass is 10.1. The number of sulfone groups is 1. The van der Waals surface area contributed by atoms with Gasteiger partial charge in [-0.05, 0) is 41.5 Å². The van der Waals surface area contributed by atoms with Crippen molar-refractivity contribution in [3.8, 4) is 0 Å². The number of halogens is 2. The zero-order valence-corrected chi connectivity index (χ0v) is 11.3.